The zero-order valence-electron chi connectivity index (χ0n) is 18.5. The van der Waals surface area contributed by atoms with Gasteiger partial charge in [0, 0.05) is 10.7 Å². The summed E-state index contributed by atoms with van der Waals surface area (Å²) in [6.45, 7) is 2.95. The lowest BCUT2D eigenvalue weighted by molar-refractivity contribution is -0.151. The molecule has 0 spiro atoms. The number of anilines is 1. The van der Waals surface area contributed by atoms with Crippen LogP contribution in [0.2, 0.25) is 25.1 Å². The van der Waals surface area contributed by atoms with Gasteiger partial charge in [0.15, 0.2) is 6.61 Å². The molecule has 0 bridgehead atoms. The summed E-state index contributed by atoms with van der Waals surface area (Å²) in [6, 6.07) is 3.67. The molecule has 0 fully saturated rings. The molecule has 1 aliphatic heterocycles. The number of halogens is 5. The molecule has 2 aromatic rings. The van der Waals surface area contributed by atoms with E-state index in [9.17, 15) is 19.2 Å². The minimum atomic E-state index is -1.31. The van der Waals surface area contributed by atoms with Gasteiger partial charge in [-0.2, -0.15) is 0 Å². The number of carbonyl (C=O) groups is 4. The number of carbonyl (C=O) groups excluding carboxylic acids is 4. The van der Waals surface area contributed by atoms with E-state index in [1.165, 1.54) is 0 Å². The van der Waals surface area contributed by atoms with Gasteiger partial charge in [0.2, 0.25) is 0 Å². The van der Waals surface area contributed by atoms with Gasteiger partial charge in [0.25, 0.3) is 17.7 Å². The van der Waals surface area contributed by atoms with Gasteiger partial charge in [-0.25, -0.2) is 4.79 Å². The van der Waals surface area contributed by atoms with E-state index in [2.05, 4.69) is 5.32 Å². The summed E-state index contributed by atoms with van der Waals surface area (Å²) < 4.78 is 5.17. The molecule has 1 heterocycles. The van der Waals surface area contributed by atoms with Gasteiger partial charge in [-0.3, -0.25) is 19.3 Å². The first-order chi connectivity index (χ1) is 16.5. The van der Waals surface area contributed by atoms with Crippen LogP contribution in [0, 0.1) is 6.92 Å². The van der Waals surface area contributed by atoms with Crippen molar-refractivity contribution in [2.75, 3.05) is 11.9 Å². The minimum Gasteiger partial charge on any atom is -0.454 e. The van der Waals surface area contributed by atoms with Gasteiger partial charge in [0.05, 0.1) is 31.2 Å². The number of benzene rings is 2. The molecule has 0 radical (unpaired) electrons. The topological polar surface area (TPSA) is 92.8 Å². The van der Waals surface area contributed by atoms with Crippen molar-refractivity contribution in [1.82, 2.24) is 4.90 Å². The van der Waals surface area contributed by atoms with Crippen LogP contribution < -0.4 is 5.32 Å². The molecule has 1 N–H and O–H groups in total. The molecule has 1 aliphatic rings. The van der Waals surface area contributed by atoms with E-state index in [-0.39, 0.29) is 37.6 Å². The van der Waals surface area contributed by atoms with E-state index < -0.39 is 36.3 Å². The monoisotopic (exact) mass is 578 g/mol. The van der Waals surface area contributed by atoms with Crippen molar-refractivity contribution in [2.24, 2.45) is 0 Å². The summed E-state index contributed by atoms with van der Waals surface area (Å²) in [5, 5.41) is 2.23. The number of unbranched alkanes of at least 4 members (excludes halogenated alkanes) is 1. The molecular weight excluding hydrogens is 562 g/mol. The fraction of sp³-hybridized carbons (Fsp3) is 0.304. The summed E-state index contributed by atoms with van der Waals surface area (Å²) >= 11 is 30.5. The number of imide groups is 1. The summed E-state index contributed by atoms with van der Waals surface area (Å²) in [5.74, 6) is -3.26. The first-order valence-corrected chi connectivity index (χ1v) is 12.4. The Labute approximate surface area is 226 Å². The highest BCUT2D eigenvalue weighted by Gasteiger charge is 2.47. The van der Waals surface area contributed by atoms with E-state index in [0.717, 1.165) is 4.90 Å². The number of rotatable bonds is 8. The minimum absolute atomic E-state index is 0.104. The summed E-state index contributed by atoms with van der Waals surface area (Å²) in [5.41, 5.74) is 0.630. The molecule has 2 aromatic carbocycles. The average Bonchev–Trinajstić information content (AvgIpc) is 3.08. The van der Waals surface area contributed by atoms with Crippen LogP contribution in [0.25, 0.3) is 0 Å². The van der Waals surface area contributed by atoms with Crippen LogP contribution in [0.15, 0.2) is 18.2 Å². The highest BCUT2D eigenvalue weighted by atomic mass is 35.5. The standard InChI is InChI=1S/C23H19Cl5N2O5/c1-3-4-8-13(23(34)35-9-14(31)29-12-7-5-6-11(24)10(12)2)30-21(32)15-16(22(30)33)18(26)20(28)19(27)17(15)25/h5-7,13H,3-4,8-9H2,1-2H3,(H,29,31)/t13-/m1/s1. The number of nitrogens with zero attached hydrogens (tertiary/aromatic N) is 1. The lowest BCUT2D eigenvalue weighted by Gasteiger charge is -2.24. The van der Waals surface area contributed by atoms with Gasteiger partial charge in [-0.05, 0) is 31.0 Å². The number of ether oxygens (including phenoxy) is 1. The first-order valence-electron chi connectivity index (χ1n) is 10.5. The number of hydrogen-bond acceptors (Lipinski definition) is 5. The SMILES string of the molecule is CCCC[C@H](C(=O)OCC(=O)Nc1cccc(Cl)c1C)N1C(=O)c2c(Cl)c(Cl)c(Cl)c(Cl)c2C1=O. The second-order valence-corrected chi connectivity index (χ2v) is 9.63. The maximum Gasteiger partial charge on any atom is 0.329 e. The van der Waals surface area contributed by atoms with E-state index >= 15 is 0 Å². The van der Waals surface area contributed by atoms with Gasteiger partial charge in [-0.1, -0.05) is 83.8 Å². The molecule has 12 heteroatoms. The van der Waals surface area contributed by atoms with Crippen molar-refractivity contribution >= 4 is 87.4 Å². The molecule has 35 heavy (non-hydrogen) atoms. The Hall–Kier alpha value is -2.03. The number of esters is 1. The van der Waals surface area contributed by atoms with Crippen molar-refractivity contribution in [2.45, 2.75) is 39.2 Å². The Bertz CT molecular complexity index is 1190. The molecule has 7 nitrogen and oxygen atoms in total. The lowest BCUT2D eigenvalue weighted by atomic mass is 10.1. The lowest BCUT2D eigenvalue weighted by Crippen LogP contribution is -2.46. The molecular formula is C23H19Cl5N2O5. The van der Waals surface area contributed by atoms with Gasteiger partial charge in [-0.15, -0.1) is 0 Å². The smallest absolute Gasteiger partial charge is 0.329 e. The Morgan fingerprint density at radius 2 is 1.54 bits per heavy atom. The fourth-order valence-corrected chi connectivity index (χ4v) is 4.75. The molecule has 0 unspecified atom stereocenters. The molecule has 3 amide bonds. The predicted octanol–water partition coefficient (Wildman–Crippen LogP) is 6.60. The molecule has 0 aliphatic carbocycles. The molecule has 0 aromatic heterocycles. The molecule has 3 rings (SSSR count). The Balaban J connectivity index is 1.81. The predicted molar refractivity (Wildman–Crippen MR) is 136 cm³/mol. The molecule has 186 valence electrons. The van der Waals surface area contributed by atoms with Crippen LogP contribution >= 0.6 is 58.0 Å². The normalized spacial score (nSPS) is 13.6. The second-order valence-electron chi connectivity index (χ2n) is 7.71. The van der Waals surface area contributed by atoms with Crippen LogP contribution in [-0.4, -0.2) is 41.2 Å². The first kappa shape index (κ1) is 27.6. The summed E-state index contributed by atoms with van der Waals surface area (Å²) in [4.78, 5) is 52.4. The highest BCUT2D eigenvalue weighted by Crippen LogP contribution is 2.45. The third-order valence-corrected chi connectivity index (χ3v) is 7.65. The van der Waals surface area contributed by atoms with Crippen molar-refractivity contribution in [3.05, 3.63) is 60.0 Å². The van der Waals surface area contributed by atoms with Gasteiger partial charge >= 0.3 is 5.97 Å². The maximum absolute atomic E-state index is 13.2. The number of hydrogen-bond donors (Lipinski definition) is 1. The Morgan fingerprint density at radius 1 is 0.971 bits per heavy atom. The summed E-state index contributed by atoms with van der Waals surface area (Å²) in [6.07, 6.45) is 1.26. The third kappa shape index (κ3) is 5.39. The summed E-state index contributed by atoms with van der Waals surface area (Å²) in [7, 11) is 0. The zero-order valence-corrected chi connectivity index (χ0v) is 22.3. The second kappa shape index (κ2) is 11.4. The average molecular weight is 581 g/mol. The zero-order chi connectivity index (χ0) is 26.0. The van der Waals surface area contributed by atoms with E-state index in [0.29, 0.717) is 29.1 Å². The maximum atomic E-state index is 13.2. The van der Waals surface area contributed by atoms with Crippen LogP contribution in [0.3, 0.4) is 0 Å². The fourth-order valence-electron chi connectivity index (χ4n) is 3.56. The van der Waals surface area contributed by atoms with Gasteiger partial charge in [0.1, 0.15) is 6.04 Å². The van der Waals surface area contributed by atoms with Crippen molar-refractivity contribution in [1.29, 1.82) is 0 Å². The Morgan fingerprint density at radius 3 is 2.09 bits per heavy atom. The van der Waals surface area contributed by atoms with E-state index in [1.54, 1.807) is 25.1 Å². The number of amides is 3. The molecule has 0 saturated carbocycles. The van der Waals surface area contributed by atoms with Crippen LogP contribution in [0.4, 0.5) is 5.69 Å². The van der Waals surface area contributed by atoms with Crippen molar-refractivity contribution < 1.29 is 23.9 Å². The van der Waals surface area contributed by atoms with E-state index in [4.69, 9.17) is 62.7 Å². The molecule has 1 atom stereocenters. The third-order valence-electron chi connectivity index (χ3n) is 5.43. The van der Waals surface area contributed by atoms with Crippen LogP contribution in [0.1, 0.15) is 52.5 Å². The highest BCUT2D eigenvalue weighted by molar-refractivity contribution is 6.55. The van der Waals surface area contributed by atoms with Gasteiger partial charge < -0.3 is 10.1 Å². The quantitative estimate of drug-likeness (QED) is 0.164. The Kier molecular flexibility index (Phi) is 8.94. The van der Waals surface area contributed by atoms with Crippen LogP contribution in [-0.2, 0) is 14.3 Å². The van der Waals surface area contributed by atoms with Crippen LogP contribution in [0.5, 0.6) is 0 Å². The van der Waals surface area contributed by atoms with Crippen molar-refractivity contribution in [3.8, 4) is 0 Å². The van der Waals surface area contributed by atoms with E-state index in [1.807, 2.05) is 6.92 Å². The van der Waals surface area contributed by atoms with Crippen molar-refractivity contribution in [3.63, 3.8) is 0 Å². The molecule has 0 saturated heterocycles. The number of nitrogens with one attached hydrogen (secondary N) is 1. The largest absolute Gasteiger partial charge is 0.454 e. The number of fused-ring (bicyclic) bond motifs is 1.